The number of amides is 1. The van der Waals surface area contributed by atoms with Crippen LogP contribution in [0.3, 0.4) is 0 Å². The quantitative estimate of drug-likeness (QED) is 0.455. The second kappa shape index (κ2) is 6.74. The van der Waals surface area contributed by atoms with E-state index in [2.05, 4.69) is 4.74 Å². The maximum absolute atomic E-state index is 11.2. The van der Waals surface area contributed by atoms with E-state index in [-0.39, 0.29) is 34.6 Å². The number of fused-ring (bicyclic) bond motifs is 1. The Kier molecular flexibility index (Phi) is 7.43. The number of hydrogen-bond acceptors (Lipinski definition) is 4. The normalized spacial score (nSPS) is 21.1. The minimum Gasteiger partial charge on any atom is -0.464 e. The third kappa shape index (κ3) is 2.67. The van der Waals surface area contributed by atoms with E-state index >= 15 is 0 Å². The molecule has 0 aliphatic carbocycles. The van der Waals surface area contributed by atoms with Crippen molar-refractivity contribution < 1.29 is 25.3 Å². The molecule has 0 spiro atoms. The number of esters is 1. The van der Waals surface area contributed by atoms with Gasteiger partial charge in [-0.2, -0.15) is 0 Å². The number of nitrogens with zero attached hydrogens (tertiary/aromatic N) is 1. The molecule has 2 aliphatic rings. The highest BCUT2D eigenvalue weighted by molar-refractivity contribution is 8.00. The predicted octanol–water partition coefficient (Wildman–Crippen LogP) is -0.879. The van der Waals surface area contributed by atoms with Crippen molar-refractivity contribution in [3.05, 3.63) is 11.8 Å². The number of methoxy groups -OCH3 is 1. The zero-order chi connectivity index (χ0) is 9.42. The number of rotatable bonds is 1. The van der Waals surface area contributed by atoms with Crippen LogP contribution in [0.15, 0.2) is 11.8 Å². The van der Waals surface area contributed by atoms with Crippen molar-refractivity contribution in [2.24, 2.45) is 0 Å². The summed E-state index contributed by atoms with van der Waals surface area (Å²) in [7, 11) is 1.32. The fraction of sp³-hybridized carbons (Fsp3) is 0.500. The lowest BCUT2D eigenvalue weighted by Crippen LogP contribution is -2.53. The molecule has 1 amide bonds. The summed E-state index contributed by atoms with van der Waals surface area (Å²) >= 11 is 1.67. The van der Waals surface area contributed by atoms with E-state index in [1.807, 2.05) is 0 Å². The van der Waals surface area contributed by atoms with Gasteiger partial charge in [0.05, 0.1) is 18.9 Å². The van der Waals surface area contributed by atoms with Crippen LogP contribution in [-0.2, 0) is 14.3 Å². The van der Waals surface area contributed by atoms with E-state index in [4.69, 9.17) is 0 Å². The Bertz CT molecular complexity index is 309. The first-order valence-electron chi connectivity index (χ1n) is 3.96. The van der Waals surface area contributed by atoms with Crippen LogP contribution < -0.4 is 0 Å². The van der Waals surface area contributed by atoms with E-state index in [9.17, 15) is 9.59 Å². The first-order valence-corrected chi connectivity index (χ1v) is 5.01. The number of β-lactam (4-membered cyclic amide) rings is 1. The first-order chi connectivity index (χ1) is 6.24. The van der Waals surface area contributed by atoms with Gasteiger partial charge in [-0.1, -0.05) is 0 Å². The highest BCUT2D eigenvalue weighted by Crippen LogP contribution is 2.36. The van der Waals surface area contributed by atoms with Crippen LogP contribution in [0.2, 0.25) is 0 Å². The van der Waals surface area contributed by atoms with Gasteiger partial charge in [0, 0.05) is 5.75 Å². The molecule has 0 aromatic rings. The van der Waals surface area contributed by atoms with Gasteiger partial charge in [0.25, 0.3) is 0 Å². The Labute approximate surface area is 103 Å². The van der Waals surface area contributed by atoms with E-state index in [0.717, 1.165) is 5.75 Å². The molecular formula is C8H14ClNO5S. The van der Waals surface area contributed by atoms with E-state index < -0.39 is 5.97 Å². The molecule has 1 atom stereocenters. The first kappa shape index (κ1) is 17.6. The molecule has 4 N–H and O–H groups in total. The molecule has 6 nitrogen and oxygen atoms in total. The summed E-state index contributed by atoms with van der Waals surface area (Å²) < 4.78 is 4.58. The number of hydrogen-bond donors (Lipinski definition) is 0. The molecule has 1 fully saturated rings. The maximum Gasteiger partial charge on any atom is 0.354 e. The Morgan fingerprint density at radius 2 is 2.19 bits per heavy atom. The Morgan fingerprint density at radius 3 is 2.69 bits per heavy atom. The largest absolute Gasteiger partial charge is 0.464 e. The highest BCUT2D eigenvalue weighted by Gasteiger charge is 2.43. The van der Waals surface area contributed by atoms with Crippen molar-refractivity contribution in [2.75, 3.05) is 12.9 Å². The van der Waals surface area contributed by atoms with Crippen LogP contribution >= 0.6 is 24.2 Å². The Balaban J connectivity index is 0. The molecule has 0 unspecified atom stereocenters. The maximum atomic E-state index is 11.2. The van der Waals surface area contributed by atoms with Gasteiger partial charge >= 0.3 is 5.97 Å². The predicted molar refractivity (Wildman–Crippen MR) is 62.3 cm³/mol. The molecule has 94 valence electrons. The summed E-state index contributed by atoms with van der Waals surface area (Å²) in [5.74, 6) is 0.367. The third-order valence-corrected chi connectivity index (χ3v) is 3.25. The molecule has 2 rings (SSSR count). The number of thioether (sulfide) groups is 1. The van der Waals surface area contributed by atoms with Crippen LogP contribution in [0.25, 0.3) is 0 Å². The minimum atomic E-state index is -0.418. The average molecular weight is 272 g/mol. The zero-order valence-electron chi connectivity index (χ0n) is 8.56. The highest BCUT2D eigenvalue weighted by atomic mass is 35.5. The summed E-state index contributed by atoms with van der Waals surface area (Å²) in [5.41, 5.74) is 0.405. The van der Waals surface area contributed by atoms with Crippen molar-refractivity contribution in [1.82, 2.24) is 4.90 Å². The van der Waals surface area contributed by atoms with Gasteiger partial charge in [-0.15, -0.1) is 24.2 Å². The second-order valence-electron chi connectivity index (χ2n) is 2.84. The monoisotopic (exact) mass is 271 g/mol. The topological polar surface area (TPSA) is 110 Å². The number of carbonyl (C=O) groups excluding carboxylic acids is 2. The minimum absolute atomic E-state index is 0. The summed E-state index contributed by atoms with van der Waals surface area (Å²) in [6, 6.07) is 0. The van der Waals surface area contributed by atoms with Crippen molar-refractivity contribution in [3.63, 3.8) is 0 Å². The lowest BCUT2D eigenvalue weighted by atomic mass is 10.1. The van der Waals surface area contributed by atoms with Gasteiger partial charge in [-0.3, -0.25) is 9.69 Å². The molecule has 0 radical (unpaired) electrons. The van der Waals surface area contributed by atoms with Crippen molar-refractivity contribution in [1.29, 1.82) is 0 Å². The fourth-order valence-electron chi connectivity index (χ4n) is 1.43. The molecule has 2 aliphatic heterocycles. The van der Waals surface area contributed by atoms with Crippen molar-refractivity contribution in [3.8, 4) is 0 Å². The van der Waals surface area contributed by atoms with Crippen LogP contribution in [-0.4, -0.2) is 46.0 Å². The van der Waals surface area contributed by atoms with E-state index in [0.29, 0.717) is 12.1 Å². The fourth-order valence-corrected chi connectivity index (χ4v) is 2.55. The Hall–Kier alpha value is -0.760. The van der Waals surface area contributed by atoms with Crippen molar-refractivity contribution >= 4 is 36.0 Å². The molecule has 0 aromatic heterocycles. The van der Waals surface area contributed by atoms with Crippen molar-refractivity contribution in [2.45, 2.75) is 11.8 Å². The van der Waals surface area contributed by atoms with Crippen LogP contribution in [0.4, 0.5) is 0 Å². The van der Waals surface area contributed by atoms with Crippen LogP contribution in [0.1, 0.15) is 6.42 Å². The summed E-state index contributed by atoms with van der Waals surface area (Å²) in [4.78, 5) is 23.9. The average Bonchev–Trinajstić information content (AvgIpc) is 2.14. The molecule has 8 heteroatoms. The summed E-state index contributed by atoms with van der Waals surface area (Å²) in [6.07, 6.45) is 2.28. The van der Waals surface area contributed by atoms with Crippen LogP contribution in [0, 0.1) is 0 Å². The third-order valence-electron chi connectivity index (χ3n) is 2.13. The second-order valence-corrected chi connectivity index (χ2v) is 4.05. The number of halogens is 1. The molecule has 1 saturated heterocycles. The van der Waals surface area contributed by atoms with Gasteiger partial charge in [0.15, 0.2) is 0 Å². The lowest BCUT2D eigenvalue weighted by molar-refractivity contribution is -0.147. The van der Waals surface area contributed by atoms with Gasteiger partial charge in [-0.25, -0.2) is 4.79 Å². The van der Waals surface area contributed by atoms with Crippen LogP contribution in [0.5, 0.6) is 0 Å². The molecular weight excluding hydrogens is 258 g/mol. The molecule has 0 bridgehead atoms. The Morgan fingerprint density at radius 1 is 1.56 bits per heavy atom. The number of ether oxygens (including phenoxy) is 1. The van der Waals surface area contributed by atoms with Gasteiger partial charge < -0.3 is 15.7 Å². The molecule has 16 heavy (non-hydrogen) atoms. The standard InChI is InChI=1S/C8H9NO3S.ClH.2H2O/c1-12-8(11)5-2-3-13-7-4-6(10)9(5)7;;;/h2,7H,3-4H2,1H3;1H;2*1H2/t7-;;;/m1.../s1. The van der Waals surface area contributed by atoms with Gasteiger partial charge in [0.2, 0.25) is 5.91 Å². The number of carbonyl (C=O) groups is 2. The molecule has 0 aromatic carbocycles. The molecule has 0 saturated carbocycles. The van der Waals surface area contributed by atoms with Gasteiger partial charge in [-0.05, 0) is 6.08 Å². The van der Waals surface area contributed by atoms with E-state index in [1.54, 1.807) is 17.8 Å². The SMILES string of the molecule is COC(=O)C1=CCS[C@@H]2CC(=O)N12.Cl.O.O. The smallest absolute Gasteiger partial charge is 0.354 e. The summed E-state index contributed by atoms with van der Waals surface area (Å²) in [6.45, 7) is 0. The van der Waals surface area contributed by atoms with Gasteiger partial charge in [0.1, 0.15) is 5.70 Å². The zero-order valence-corrected chi connectivity index (χ0v) is 10.2. The lowest BCUT2D eigenvalue weighted by Gasteiger charge is -2.42. The summed E-state index contributed by atoms with van der Waals surface area (Å²) in [5, 5.41) is 0.159. The van der Waals surface area contributed by atoms with E-state index in [1.165, 1.54) is 12.0 Å². The molecule has 2 heterocycles.